The monoisotopic (exact) mass is 412 g/mol. The molecule has 29 heavy (non-hydrogen) atoms. The lowest BCUT2D eigenvalue weighted by Crippen LogP contribution is -2.55. The predicted octanol–water partition coefficient (Wildman–Crippen LogP) is 2.14. The zero-order chi connectivity index (χ0) is 20.4. The number of nitrogens with zero attached hydrogens (tertiary/aromatic N) is 1. The summed E-state index contributed by atoms with van der Waals surface area (Å²) in [7, 11) is 2.07. The second-order valence-corrected chi connectivity index (χ2v) is 10.1. The molecule has 2 aliphatic carbocycles. The lowest BCUT2D eigenvalue weighted by Gasteiger charge is -2.37. The zero-order valence-electron chi connectivity index (χ0n) is 18.2. The maximum absolute atomic E-state index is 13.4. The largest absolute Gasteiger partial charge is 0.376 e. The standard InChI is InChI=1S/C22H41FN4O2/c1-14-19(13-27(2)26-14)21-20(11-12-29-21)25-22(28)24-18-9-5-16(6-10-18)15-3-7-17(23)8-4-15/h14-22,24-26,28H,3-13H2,1-2H3/t14?,15?,16?,17?,18?,19?,20-,21+,22?/m1/s1. The summed E-state index contributed by atoms with van der Waals surface area (Å²) in [5.41, 5.74) is 3.44. The van der Waals surface area contributed by atoms with Gasteiger partial charge in [-0.3, -0.25) is 16.1 Å². The molecule has 7 heteroatoms. The van der Waals surface area contributed by atoms with Gasteiger partial charge < -0.3 is 9.84 Å². The molecule has 0 amide bonds. The molecule has 0 aromatic heterocycles. The van der Waals surface area contributed by atoms with Crippen molar-refractivity contribution in [3.63, 3.8) is 0 Å². The van der Waals surface area contributed by atoms with Gasteiger partial charge in [-0.2, -0.15) is 0 Å². The van der Waals surface area contributed by atoms with E-state index in [1.54, 1.807) is 0 Å². The number of hydrogen-bond acceptors (Lipinski definition) is 6. The first-order valence-corrected chi connectivity index (χ1v) is 11.9. The molecule has 4 rings (SSSR count). The lowest BCUT2D eigenvalue weighted by atomic mass is 9.72. The Hall–Kier alpha value is -0.310. The Labute approximate surface area is 175 Å². The molecular weight excluding hydrogens is 371 g/mol. The van der Waals surface area contributed by atoms with Crippen LogP contribution in [0.1, 0.15) is 64.7 Å². The first kappa shape index (κ1) is 21.9. The lowest BCUT2D eigenvalue weighted by molar-refractivity contribution is 0.0173. The van der Waals surface area contributed by atoms with E-state index >= 15 is 0 Å². The molecule has 6 nitrogen and oxygen atoms in total. The van der Waals surface area contributed by atoms with Crippen molar-refractivity contribution in [1.29, 1.82) is 0 Å². The SMILES string of the molecule is CC1NN(C)CC1[C@@H]1OCC[C@H]1NC(O)NC1CCC(C2CCC(F)CC2)CC1. The zero-order valence-corrected chi connectivity index (χ0v) is 18.2. The van der Waals surface area contributed by atoms with Crippen LogP contribution >= 0.6 is 0 Å². The molecule has 2 saturated carbocycles. The van der Waals surface area contributed by atoms with Crippen LogP contribution in [0.15, 0.2) is 0 Å². The molecule has 2 saturated heterocycles. The molecule has 2 heterocycles. The van der Waals surface area contributed by atoms with E-state index in [-0.39, 0.29) is 12.1 Å². The van der Waals surface area contributed by atoms with Gasteiger partial charge in [0.2, 0.25) is 0 Å². The van der Waals surface area contributed by atoms with Crippen LogP contribution in [0.25, 0.3) is 0 Å². The highest BCUT2D eigenvalue weighted by Crippen LogP contribution is 2.39. The van der Waals surface area contributed by atoms with Crippen LogP contribution in [-0.2, 0) is 4.74 Å². The van der Waals surface area contributed by atoms with E-state index in [1.807, 2.05) is 0 Å². The van der Waals surface area contributed by atoms with Gasteiger partial charge in [0.15, 0.2) is 6.35 Å². The van der Waals surface area contributed by atoms with Crippen molar-refractivity contribution in [2.45, 2.75) is 101 Å². The second kappa shape index (κ2) is 9.88. The van der Waals surface area contributed by atoms with Gasteiger partial charge in [0.1, 0.15) is 6.17 Å². The van der Waals surface area contributed by atoms with Gasteiger partial charge in [0, 0.05) is 44.2 Å². The first-order chi connectivity index (χ1) is 14.0. The van der Waals surface area contributed by atoms with E-state index in [0.29, 0.717) is 18.0 Å². The van der Waals surface area contributed by atoms with Gasteiger partial charge in [-0.15, -0.1) is 0 Å². The molecule has 0 bridgehead atoms. The Morgan fingerprint density at radius 2 is 1.66 bits per heavy atom. The number of halogens is 1. The summed E-state index contributed by atoms with van der Waals surface area (Å²) < 4.78 is 19.5. The second-order valence-electron chi connectivity index (χ2n) is 10.1. The highest BCUT2D eigenvalue weighted by molar-refractivity contribution is 4.95. The fourth-order valence-corrected chi connectivity index (χ4v) is 6.35. The minimum Gasteiger partial charge on any atom is -0.376 e. The van der Waals surface area contributed by atoms with Crippen LogP contribution < -0.4 is 16.1 Å². The van der Waals surface area contributed by atoms with E-state index in [1.165, 1.54) is 12.8 Å². The molecule has 0 radical (unpaired) electrons. The summed E-state index contributed by atoms with van der Waals surface area (Å²) in [6, 6.07) is 0.941. The van der Waals surface area contributed by atoms with Crippen LogP contribution in [0.5, 0.6) is 0 Å². The van der Waals surface area contributed by atoms with Crippen LogP contribution in [0, 0.1) is 17.8 Å². The number of rotatable bonds is 6. The van der Waals surface area contributed by atoms with E-state index in [9.17, 15) is 9.50 Å². The van der Waals surface area contributed by atoms with Gasteiger partial charge >= 0.3 is 0 Å². The Balaban J connectivity index is 1.19. The fourth-order valence-electron chi connectivity index (χ4n) is 6.35. The Kier molecular flexibility index (Phi) is 7.46. The van der Waals surface area contributed by atoms with Gasteiger partial charge in [-0.25, -0.2) is 9.40 Å². The number of nitrogens with one attached hydrogen (secondary N) is 3. The third kappa shape index (κ3) is 5.49. The van der Waals surface area contributed by atoms with Crippen molar-refractivity contribution in [3.05, 3.63) is 0 Å². The highest BCUT2D eigenvalue weighted by atomic mass is 19.1. The quantitative estimate of drug-likeness (QED) is 0.501. The summed E-state index contributed by atoms with van der Waals surface area (Å²) in [6.45, 7) is 3.94. The van der Waals surface area contributed by atoms with Gasteiger partial charge in [0.25, 0.3) is 0 Å². The van der Waals surface area contributed by atoms with Crippen molar-refractivity contribution in [2.24, 2.45) is 17.8 Å². The van der Waals surface area contributed by atoms with Crippen LogP contribution in [-0.4, -0.2) is 67.1 Å². The molecule has 0 aromatic rings. The summed E-state index contributed by atoms with van der Waals surface area (Å²) >= 11 is 0. The molecule has 4 aliphatic rings. The number of hydrazine groups is 1. The minimum atomic E-state index is -0.685. The maximum atomic E-state index is 13.4. The Morgan fingerprint density at radius 3 is 2.28 bits per heavy atom. The molecule has 168 valence electrons. The summed E-state index contributed by atoms with van der Waals surface area (Å²) in [6.07, 6.45) is 8.14. The van der Waals surface area contributed by atoms with Crippen LogP contribution in [0.2, 0.25) is 0 Å². The van der Waals surface area contributed by atoms with E-state index < -0.39 is 12.5 Å². The van der Waals surface area contributed by atoms with Crippen LogP contribution in [0.3, 0.4) is 0 Å². The molecule has 0 aromatic carbocycles. The number of aliphatic hydroxyl groups excluding tert-OH is 1. The fraction of sp³-hybridized carbons (Fsp3) is 1.00. The molecule has 0 spiro atoms. The Bertz CT molecular complexity index is 511. The van der Waals surface area contributed by atoms with Crippen molar-refractivity contribution in [3.8, 4) is 0 Å². The minimum absolute atomic E-state index is 0.139. The van der Waals surface area contributed by atoms with E-state index in [0.717, 1.165) is 69.9 Å². The van der Waals surface area contributed by atoms with Crippen molar-refractivity contribution >= 4 is 0 Å². The normalized spacial score (nSPS) is 45.5. The van der Waals surface area contributed by atoms with Gasteiger partial charge in [-0.05, 0) is 76.5 Å². The Morgan fingerprint density at radius 1 is 1.00 bits per heavy atom. The third-order valence-corrected chi connectivity index (χ3v) is 8.01. The average molecular weight is 413 g/mol. The summed E-state index contributed by atoms with van der Waals surface area (Å²) in [5, 5.41) is 19.6. The number of hydrogen-bond donors (Lipinski definition) is 4. The molecule has 5 atom stereocenters. The highest BCUT2D eigenvalue weighted by Gasteiger charge is 2.42. The number of alkyl halides is 1. The molecule has 4 N–H and O–H groups in total. The maximum Gasteiger partial charge on any atom is 0.161 e. The number of aliphatic hydroxyl groups is 1. The smallest absolute Gasteiger partial charge is 0.161 e. The predicted molar refractivity (Wildman–Crippen MR) is 112 cm³/mol. The topological polar surface area (TPSA) is 68.8 Å². The van der Waals surface area contributed by atoms with Gasteiger partial charge in [-0.1, -0.05) is 0 Å². The van der Waals surface area contributed by atoms with Crippen molar-refractivity contribution < 1.29 is 14.2 Å². The average Bonchev–Trinajstić information content (AvgIpc) is 3.28. The van der Waals surface area contributed by atoms with Gasteiger partial charge in [0.05, 0.1) is 6.10 Å². The number of ether oxygens (including phenoxy) is 1. The molecule has 3 unspecified atom stereocenters. The third-order valence-electron chi connectivity index (χ3n) is 8.01. The molecule has 2 aliphatic heterocycles. The molecular formula is C22H41FN4O2. The first-order valence-electron chi connectivity index (χ1n) is 11.9. The van der Waals surface area contributed by atoms with E-state index in [2.05, 4.69) is 35.0 Å². The van der Waals surface area contributed by atoms with Crippen molar-refractivity contribution in [2.75, 3.05) is 20.2 Å². The summed E-state index contributed by atoms with van der Waals surface area (Å²) in [5.74, 6) is 1.91. The van der Waals surface area contributed by atoms with Crippen molar-refractivity contribution in [1.82, 2.24) is 21.1 Å². The molecule has 4 fully saturated rings. The van der Waals surface area contributed by atoms with Crippen LogP contribution in [0.4, 0.5) is 4.39 Å². The van der Waals surface area contributed by atoms with E-state index in [4.69, 9.17) is 4.74 Å². The summed E-state index contributed by atoms with van der Waals surface area (Å²) in [4.78, 5) is 0.